The topological polar surface area (TPSA) is 26.3 Å². The summed E-state index contributed by atoms with van der Waals surface area (Å²) in [7, 11) is 0. The number of esters is 1. The fraction of sp³-hybridized carbons (Fsp3) is 0.731. The van der Waals surface area contributed by atoms with Gasteiger partial charge in [0, 0.05) is 6.42 Å². The van der Waals surface area contributed by atoms with Gasteiger partial charge in [-0.05, 0) is 78.6 Å². The Morgan fingerprint density at radius 2 is 1.46 bits per heavy atom. The Morgan fingerprint density at radius 1 is 0.857 bits per heavy atom. The third-order valence-corrected chi connectivity index (χ3v) is 5.05. The maximum Gasteiger partial charge on any atom is 0.306 e. The second-order valence-electron chi connectivity index (χ2n) is 8.63. The van der Waals surface area contributed by atoms with Crippen molar-refractivity contribution in [2.24, 2.45) is 5.92 Å². The molecule has 0 aromatic carbocycles. The van der Waals surface area contributed by atoms with E-state index in [0.29, 0.717) is 18.9 Å². The maximum absolute atomic E-state index is 11.9. The van der Waals surface area contributed by atoms with Crippen molar-refractivity contribution in [2.45, 2.75) is 112 Å². The first-order valence-electron chi connectivity index (χ1n) is 11.4. The fourth-order valence-electron chi connectivity index (χ4n) is 3.11. The van der Waals surface area contributed by atoms with Crippen molar-refractivity contribution in [2.75, 3.05) is 6.61 Å². The monoisotopic (exact) mass is 390 g/mol. The van der Waals surface area contributed by atoms with Crippen LogP contribution >= 0.6 is 0 Å². The summed E-state index contributed by atoms with van der Waals surface area (Å²) < 4.78 is 5.34. The highest BCUT2D eigenvalue weighted by atomic mass is 16.5. The van der Waals surface area contributed by atoms with E-state index in [2.05, 4.69) is 59.8 Å². The molecular weight excluding hydrogens is 344 g/mol. The van der Waals surface area contributed by atoms with Crippen molar-refractivity contribution >= 4 is 5.97 Å². The van der Waals surface area contributed by atoms with E-state index in [9.17, 15) is 4.79 Å². The molecule has 0 rings (SSSR count). The van der Waals surface area contributed by atoms with Gasteiger partial charge in [-0.2, -0.15) is 0 Å². The first-order chi connectivity index (χ1) is 13.3. The highest BCUT2D eigenvalue weighted by Crippen LogP contribution is 2.16. The van der Waals surface area contributed by atoms with E-state index in [4.69, 9.17) is 4.74 Å². The van der Waals surface area contributed by atoms with Crippen molar-refractivity contribution in [1.82, 2.24) is 0 Å². The van der Waals surface area contributed by atoms with Gasteiger partial charge in [0.15, 0.2) is 0 Å². The molecule has 2 nitrogen and oxygen atoms in total. The van der Waals surface area contributed by atoms with Gasteiger partial charge in [0.25, 0.3) is 0 Å². The van der Waals surface area contributed by atoms with E-state index in [1.165, 1.54) is 36.0 Å². The molecule has 0 spiro atoms. The zero-order valence-electron chi connectivity index (χ0n) is 19.6. The van der Waals surface area contributed by atoms with Crippen LogP contribution in [0.25, 0.3) is 0 Å². The molecule has 0 aliphatic rings. The number of carbonyl (C=O) groups excluding carboxylic acids is 1. The van der Waals surface area contributed by atoms with E-state index in [1.54, 1.807) is 0 Å². The molecular formula is C26H46O2. The standard InChI is InChI=1S/C26H46O2/c1-7-8-9-10-20-28-26(27)21-25(6)19-13-18-24(5)17-12-16-23(4)15-11-14-22(2)3/h14,16,18,25H,7-13,15,17,19-21H2,1-6H3/b23-16+,24-18+/t25-/m0/s1. The van der Waals surface area contributed by atoms with Gasteiger partial charge in [-0.1, -0.05) is 68.1 Å². The number of rotatable bonds is 16. The SMILES string of the molecule is CCCCCCOC(=O)C[C@@H](C)CC/C=C(\C)CC/C=C(\C)CCC=C(C)C. The van der Waals surface area contributed by atoms with Crippen LogP contribution in [-0.2, 0) is 9.53 Å². The molecule has 162 valence electrons. The molecule has 0 heterocycles. The smallest absolute Gasteiger partial charge is 0.306 e. The van der Waals surface area contributed by atoms with Crippen molar-refractivity contribution in [3.63, 3.8) is 0 Å². The number of allylic oxidation sites excluding steroid dienone is 6. The summed E-state index contributed by atoms with van der Waals surface area (Å²) in [6.07, 6.45) is 18.9. The van der Waals surface area contributed by atoms with Gasteiger partial charge in [0.2, 0.25) is 0 Å². The summed E-state index contributed by atoms with van der Waals surface area (Å²) in [4.78, 5) is 11.9. The predicted molar refractivity (Wildman–Crippen MR) is 124 cm³/mol. The molecule has 28 heavy (non-hydrogen) atoms. The van der Waals surface area contributed by atoms with Crippen LogP contribution in [0.2, 0.25) is 0 Å². The molecule has 0 aromatic rings. The summed E-state index contributed by atoms with van der Waals surface area (Å²) in [5.41, 5.74) is 4.35. The van der Waals surface area contributed by atoms with Crippen molar-refractivity contribution < 1.29 is 9.53 Å². The first kappa shape index (κ1) is 26.7. The Balaban J connectivity index is 3.88. The molecule has 0 unspecified atom stereocenters. The highest BCUT2D eigenvalue weighted by Gasteiger charge is 2.09. The Labute approximate surface area is 175 Å². The molecule has 1 atom stereocenters. The Hall–Kier alpha value is -1.31. The lowest BCUT2D eigenvalue weighted by molar-refractivity contribution is -0.144. The van der Waals surface area contributed by atoms with Gasteiger partial charge in [0.05, 0.1) is 6.61 Å². The van der Waals surface area contributed by atoms with Gasteiger partial charge >= 0.3 is 5.97 Å². The van der Waals surface area contributed by atoms with E-state index in [1.807, 2.05) is 0 Å². The maximum atomic E-state index is 11.9. The number of carbonyl (C=O) groups is 1. The highest BCUT2D eigenvalue weighted by molar-refractivity contribution is 5.69. The summed E-state index contributed by atoms with van der Waals surface area (Å²) in [6.45, 7) is 13.7. The first-order valence-corrected chi connectivity index (χ1v) is 11.4. The quantitative estimate of drug-likeness (QED) is 0.150. The van der Waals surface area contributed by atoms with Gasteiger partial charge < -0.3 is 4.74 Å². The summed E-state index contributed by atoms with van der Waals surface area (Å²) in [6, 6.07) is 0. The zero-order valence-corrected chi connectivity index (χ0v) is 19.6. The van der Waals surface area contributed by atoms with Crippen LogP contribution in [0.5, 0.6) is 0 Å². The lowest BCUT2D eigenvalue weighted by atomic mass is 10.00. The summed E-state index contributed by atoms with van der Waals surface area (Å²) in [5.74, 6) is 0.364. The lowest BCUT2D eigenvalue weighted by Crippen LogP contribution is -2.10. The molecule has 0 aliphatic heterocycles. The second kappa shape index (κ2) is 17.8. The van der Waals surface area contributed by atoms with E-state index in [-0.39, 0.29) is 5.97 Å². The third kappa shape index (κ3) is 18.1. The second-order valence-corrected chi connectivity index (χ2v) is 8.63. The minimum absolute atomic E-state index is 0.0292. The van der Waals surface area contributed by atoms with Crippen LogP contribution in [0.3, 0.4) is 0 Å². The molecule has 0 bridgehead atoms. The van der Waals surface area contributed by atoms with Gasteiger partial charge in [-0.3, -0.25) is 4.79 Å². The zero-order chi connectivity index (χ0) is 21.2. The van der Waals surface area contributed by atoms with Crippen molar-refractivity contribution in [1.29, 1.82) is 0 Å². The summed E-state index contributed by atoms with van der Waals surface area (Å²) in [5, 5.41) is 0. The third-order valence-electron chi connectivity index (χ3n) is 5.05. The molecule has 0 N–H and O–H groups in total. The summed E-state index contributed by atoms with van der Waals surface area (Å²) >= 11 is 0. The number of hydrogen-bond donors (Lipinski definition) is 0. The average Bonchev–Trinajstić information content (AvgIpc) is 2.61. The van der Waals surface area contributed by atoms with E-state index in [0.717, 1.165) is 44.9 Å². The normalized spacial score (nSPS) is 13.4. The number of hydrogen-bond acceptors (Lipinski definition) is 2. The van der Waals surface area contributed by atoms with Crippen molar-refractivity contribution in [3.05, 3.63) is 34.9 Å². The Bertz CT molecular complexity index is 493. The fourth-order valence-corrected chi connectivity index (χ4v) is 3.11. The Kier molecular flexibility index (Phi) is 16.9. The largest absolute Gasteiger partial charge is 0.466 e. The lowest BCUT2D eigenvalue weighted by Gasteiger charge is -2.10. The van der Waals surface area contributed by atoms with E-state index >= 15 is 0 Å². The molecule has 0 radical (unpaired) electrons. The van der Waals surface area contributed by atoms with Crippen LogP contribution in [0.4, 0.5) is 0 Å². The molecule has 0 saturated heterocycles. The number of unbranched alkanes of at least 4 members (excludes halogenated alkanes) is 3. The molecule has 0 aliphatic carbocycles. The molecule has 0 fully saturated rings. The van der Waals surface area contributed by atoms with Gasteiger partial charge in [-0.15, -0.1) is 0 Å². The molecule has 0 aromatic heterocycles. The van der Waals surface area contributed by atoms with Crippen LogP contribution in [-0.4, -0.2) is 12.6 Å². The van der Waals surface area contributed by atoms with Crippen LogP contribution in [0.1, 0.15) is 112 Å². The van der Waals surface area contributed by atoms with Gasteiger partial charge in [-0.25, -0.2) is 0 Å². The molecule has 2 heteroatoms. The number of ether oxygens (including phenoxy) is 1. The predicted octanol–water partition coefficient (Wildman–Crippen LogP) is 8.34. The van der Waals surface area contributed by atoms with Gasteiger partial charge in [0.1, 0.15) is 0 Å². The van der Waals surface area contributed by atoms with Crippen LogP contribution in [0, 0.1) is 5.92 Å². The minimum atomic E-state index is -0.0292. The average molecular weight is 391 g/mol. The minimum Gasteiger partial charge on any atom is -0.466 e. The molecule has 0 amide bonds. The Morgan fingerprint density at radius 3 is 2.07 bits per heavy atom. The van der Waals surface area contributed by atoms with Crippen molar-refractivity contribution in [3.8, 4) is 0 Å². The van der Waals surface area contributed by atoms with Crippen LogP contribution in [0.15, 0.2) is 34.9 Å². The van der Waals surface area contributed by atoms with E-state index < -0.39 is 0 Å². The van der Waals surface area contributed by atoms with Crippen LogP contribution < -0.4 is 0 Å². The molecule has 0 saturated carbocycles.